The second-order valence-electron chi connectivity index (χ2n) is 4.65. The molecule has 92 valence electrons. The highest BCUT2D eigenvalue weighted by Crippen LogP contribution is 2.29. The van der Waals surface area contributed by atoms with Gasteiger partial charge in [-0.15, -0.1) is 0 Å². The lowest BCUT2D eigenvalue weighted by atomic mass is 10.2. The van der Waals surface area contributed by atoms with Crippen molar-refractivity contribution in [1.29, 1.82) is 0 Å². The summed E-state index contributed by atoms with van der Waals surface area (Å²) in [5, 5.41) is 1.24. The van der Waals surface area contributed by atoms with E-state index in [4.69, 9.17) is 0 Å². The number of hydrogen-bond acceptors (Lipinski definition) is 1. The number of anilines is 2. The molecule has 0 amide bonds. The van der Waals surface area contributed by atoms with E-state index in [9.17, 15) is 0 Å². The van der Waals surface area contributed by atoms with Crippen LogP contribution in [-0.2, 0) is 0 Å². The minimum Gasteiger partial charge on any atom is -0.319 e. The molecule has 0 bridgehead atoms. The third-order valence-electron chi connectivity index (χ3n) is 2.98. The van der Waals surface area contributed by atoms with E-state index in [1.54, 1.807) is 0 Å². The van der Waals surface area contributed by atoms with Gasteiger partial charge in [-0.25, -0.2) is 0 Å². The number of hydrogen-bond donors (Lipinski definition) is 0. The minimum atomic E-state index is -0.931. The molecule has 0 aromatic heterocycles. The van der Waals surface area contributed by atoms with Crippen LogP contribution in [0.25, 0.3) is 0 Å². The molecule has 2 aromatic rings. The Balaban J connectivity index is 2.45. The molecule has 18 heavy (non-hydrogen) atoms. The first-order chi connectivity index (χ1) is 8.70. The maximum atomic E-state index is 4.29. The molecule has 0 spiro atoms. The van der Waals surface area contributed by atoms with Crippen molar-refractivity contribution in [3.63, 3.8) is 0 Å². The van der Waals surface area contributed by atoms with Gasteiger partial charge in [-0.1, -0.05) is 56.1 Å². The Morgan fingerprint density at radius 3 is 1.56 bits per heavy atom. The quantitative estimate of drug-likeness (QED) is 0.732. The zero-order valence-corrected chi connectivity index (χ0v) is 12.2. The van der Waals surface area contributed by atoms with Gasteiger partial charge in [-0.05, 0) is 29.6 Å². The van der Waals surface area contributed by atoms with Crippen molar-refractivity contribution in [2.24, 2.45) is 0 Å². The van der Waals surface area contributed by atoms with Gasteiger partial charge in [0.15, 0.2) is 0 Å². The Labute approximate surface area is 111 Å². The Morgan fingerprint density at radius 2 is 1.22 bits per heavy atom. The number of para-hydroxylation sites is 2. The maximum Gasteiger partial charge on any atom is 0.0854 e. The summed E-state index contributed by atoms with van der Waals surface area (Å²) in [6.45, 7) is 8.91. The fourth-order valence-electron chi connectivity index (χ4n) is 1.89. The van der Waals surface area contributed by atoms with E-state index in [0.717, 1.165) is 0 Å². The normalized spacial score (nSPS) is 10.4. The van der Waals surface area contributed by atoms with Gasteiger partial charge in [0.25, 0.3) is 0 Å². The standard InChI is InChI=1S/C16H19NSi/c1-14(18(2)3)17(15-10-6-4-7-11-15)16-12-8-5-9-13-16/h4-13,18H,1H2,2-3H3. The molecular weight excluding hydrogens is 234 g/mol. The molecular formula is C16H19NSi. The Kier molecular flexibility index (Phi) is 4.00. The van der Waals surface area contributed by atoms with Crippen LogP contribution < -0.4 is 4.90 Å². The molecule has 0 saturated carbocycles. The van der Waals surface area contributed by atoms with E-state index in [0.29, 0.717) is 0 Å². The highest BCUT2D eigenvalue weighted by atomic mass is 28.3. The molecule has 0 atom stereocenters. The van der Waals surface area contributed by atoms with Crippen molar-refractivity contribution in [2.75, 3.05) is 4.90 Å². The molecule has 2 rings (SSSR count). The van der Waals surface area contributed by atoms with Gasteiger partial charge < -0.3 is 4.90 Å². The largest absolute Gasteiger partial charge is 0.319 e. The highest BCUT2D eigenvalue weighted by Gasteiger charge is 2.15. The van der Waals surface area contributed by atoms with Crippen molar-refractivity contribution < 1.29 is 0 Å². The summed E-state index contributed by atoms with van der Waals surface area (Å²) in [5.74, 6) is 0. The van der Waals surface area contributed by atoms with Crippen LogP contribution in [0.4, 0.5) is 11.4 Å². The summed E-state index contributed by atoms with van der Waals surface area (Å²) in [6, 6.07) is 20.9. The number of benzene rings is 2. The lowest BCUT2D eigenvalue weighted by Gasteiger charge is -2.29. The Morgan fingerprint density at radius 1 is 0.833 bits per heavy atom. The van der Waals surface area contributed by atoms with Crippen LogP contribution in [0.15, 0.2) is 72.6 Å². The van der Waals surface area contributed by atoms with Crippen molar-refractivity contribution in [2.45, 2.75) is 13.1 Å². The van der Waals surface area contributed by atoms with Gasteiger partial charge in [-0.3, -0.25) is 0 Å². The molecule has 2 heteroatoms. The molecule has 0 aliphatic carbocycles. The highest BCUT2D eigenvalue weighted by molar-refractivity contribution is 6.64. The monoisotopic (exact) mass is 253 g/mol. The molecule has 0 aliphatic rings. The zero-order valence-electron chi connectivity index (χ0n) is 11.0. The smallest absolute Gasteiger partial charge is 0.0854 e. The topological polar surface area (TPSA) is 3.24 Å². The van der Waals surface area contributed by atoms with E-state index in [1.165, 1.54) is 16.7 Å². The predicted octanol–water partition coefficient (Wildman–Crippen LogP) is 4.36. The average molecular weight is 253 g/mol. The summed E-state index contributed by atoms with van der Waals surface area (Å²) in [6.07, 6.45) is 0. The van der Waals surface area contributed by atoms with Crippen LogP contribution in [0.5, 0.6) is 0 Å². The van der Waals surface area contributed by atoms with Gasteiger partial charge in [-0.2, -0.15) is 0 Å². The third kappa shape index (κ3) is 2.71. The predicted molar refractivity (Wildman–Crippen MR) is 83.0 cm³/mol. The van der Waals surface area contributed by atoms with Crippen molar-refractivity contribution in [3.8, 4) is 0 Å². The van der Waals surface area contributed by atoms with Gasteiger partial charge in [0.1, 0.15) is 0 Å². The van der Waals surface area contributed by atoms with E-state index < -0.39 is 8.80 Å². The minimum absolute atomic E-state index is 0.931. The number of rotatable bonds is 4. The molecule has 2 aromatic carbocycles. The number of nitrogens with zero attached hydrogens (tertiary/aromatic N) is 1. The van der Waals surface area contributed by atoms with E-state index in [-0.39, 0.29) is 0 Å². The van der Waals surface area contributed by atoms with Gasteiger partial charge in [0.05, 0.1) is 8.80 Å². The molecule has 0 fully saturated rings. The van der Waals surface area contributed by atoms with Crippen LogP contribution in [-0.4, -0.2) is 8.80 Å². The van der Waals surface area contributed by atoms with E-state index >= 15 is 0 Å². The van der Waals surface area contributed by atoms with Crippen LogP contribution in [0, 0.1) is 0 Å². The van der Waals surface area contributed by atoms with E-state index in [2.05, 4.69) is 73.1 Å². The summed E-state index contributed by atoms with van der Waals surface area (Å²) >= 11 is 0. The van der Waals surface area contributed by atoms with Crippen LogP contribution in [0.1, 0.15) is 0 Å². The van der Waals surface area contributed by atoms with Gasteiger partial charge >= 0.3 is 0 Å². The summed E-state index contributed by atoms with van der Waals surface area (Å²) < 4.78 is 0. The molecule has 0 N–H and O–H groups in total. The van der Waals surface area contributed by atoms with E-state index in [1.807, 2.05) is 12.1 Å². The zero-order chi connectivity index (χ0) is 13.0. The van der Waals surface area contributed by atoms with Crippen LogP contribution >= 0.6 is 0 Å². The van der Waals surface area contributed by atoms with Crippen LogP contribution in [0.2, 0.25) is 13.1 Å². The Bertz CT molecular complexity index is 466. The van der Waals surface area contributed by atoms with Crippen molar-refractivity contribution >= 4 is 20.2 Å². The molecule has 1 nitrogen and oxygen atoms in total. The van der Waals surface area contributed by atoms with Crippen molar-refractivity contribution in [3.05, 3.63) is 72.6 Å². The van der Waals surface area contributed by atoms with Crippen LogP contribution in [0.3, 0.4) is 0 Å². The summed E-state index contributed by atoms with van der Waals surface area (Å²) in [5.41, 5.74) is 2.38. The second-order valence-corrected chi connectivity index (χ2v) is 7.63. The lowest BCUT2D eigenvalue weighted by molar-refractivity contribution is 1.25. The summed E-state index contributed by atoms with van der Waals surface area (Å²) in [7, 11) is -0.931. The maximum absolute atomic E-state index is 4.29. The lowest BCUT2D eigenvalue weighted by Crippen LogP contribution is -2.24. The molecule has 0 saturated heterocycles. The van der Waals surface area contributed by atoms with Crippen molar-refractivity contribution in [1.82, 2.24) is 0 Å². The molecule has 0 aliphatic heterocycles. The average Bonchev–Trinajstić information content (AvgIpc) is 2.41. The molecule has 0 heterocycles. The molecule has 0 radical (unpaired) electrons. The SMILES string of the molecule is C=C(N(c1ccccc1)c1ccccc1)[SiH](C)C. The fraction of sp³-hybridized carbons (Fsp3) is 0.125. The third-order valence-corrected chi connectivity index (χ3v) is 4.57. The first-order valence-corrected chi connectivity index (χ1v) is 9.18. The first kappa shape index (κ1) is 12.6. The Hall–Kier alpha value is -1.80. The first-order valence-electron chi connectivity index (χ1n) is 6.29. The van der Waals surface area contributed by atoms with Gasteiger partial charge in [0.2, 0.25) is 0 Å². The molecule has 0 unspecified atom stereocenters. The van der Waals surface area contributed by atoms with Gasteiger partial charge in [0, 0.05) is 11.4 Å². The second kappa shape index (κ2) is 5.69. The fourth-order valence-corrected chi connectivity index (χ4v) is 2.71. The summed E-state index contributed by atoms with van der Waals surface area (Å²) in [4.78, 5) is 2.27.